The fourth-order valence-corrected chi connectivity index (χ4v) is 6.50. The number of hydrogen-bond donors (Lipinski definition) is 1. The molecule has 1 N–H and O–H groups in total. The van der Waals surface area contributed by atoms with Gasteiger partial charge in [-0.2, -0.15) is 0 Å². The van der Waals surface area contributed by atoms with E-state index in [9.17, 15) is 18.0 Å². The van der Waals surface area contributed by atoms with Crippen LogP contribution in [0.3, 0.4) is 0 Å². The molecule has 1 atom stereocenters. The first kappa shape index (κ1) is 33.6. The van der Waals surface area contributed by atoms with E-state index in [1.54, 1.807) is 54.6 Å². The van der Waals surface area contributed by atoms with Crippen LogP contribution in [0.25, 0.3) is 0 Å². The maximum atomic E-state index is 14.5. The van der Waals surface area contributed by atoms with E-state index in [1.165, 1.54) is 24.1 Å². The van der Waals surface area contributed by atoms with Crippen LogP contribution in [0.4, 0.5) is 5.69 Å². The number of nitrogens with one attached hydrogen (secondary N) is 1. The van der Waals surface area contributed by atoms with E-state index in [4.69, 9.17) is 16.3 Å². The van der Waals surface area contributed by atoms with Crippen LogP contribution in [0.1, 0.15) is 30.0 Å². The number of amides is 2. The fraction of sp³-hybridized carbons (Fsp3) is 0.257. The largest absolute Gasteiger partial charge is 0.497 e. The average Bonchev–Trinajstić information content (AvgIpc) is 3.04. The van der Waals surface area contributed by atoms with Gasteiger partial charge in [-0.1, -0.05) is 84.8 Å². The van der Waals surface area contributed by atoms with Crippen LogP contribution in [0, 0.1) is 6.92 Å². The first-order valence-corrected chi connectivity index (χ1v) is 16.5. The van der Waals surface area contributed by atoms with Gasteiger partial charge in [-0.25, -0.2) is 8.42 Å². The third-order valence-electron chi connectivity index (χ3n) is 7.29. The van der Waals surface area contributed by atoms with Gasteiger partial charge in [0.1, 0.15) is 18.3 Å². The van der Waals surface area contributed by atoms with Crippen molar-refractivity contribution in [3.63, 3.8) is 0 Å². The van der Waals surface area contributed by atoms with Gasteiger partial charge < -0.3 is 15.0 Å². The summed E-state index contributed by atoms with van der Waals surface area (Å²) in [5.41, 5.74) is 2.70. The lowest BCUT2D eigenvalue weighted by molar-refractivity contribution is -0.140. The lowest BCUT2D eigenvalue weighted by Gasteiger charge is -2.34. The summed E-state index contributed by atoms with van der Waals surface area (Å²) >= 11 is 6.30. The lowest BCUT2D eigenvalue weighted by Crippen LogP contribution is -2.53. The van der Waals surface area contributed by atoms with Gasteiger partial charge in [0.25, 0.3) is 10.0 Å². The third kappa shape index (κ3) is 8.86. The predicted octanol–water partition coefficient (Wildman–Crippen LogP) is 6.02. The lowest BCUT2D eigenvalue weighted by atomic mass is 10.0. The van der Waals surface area contributed by atoms with Crippen molar-refractivity contribution in [1.82, 2.24) is 10.2 Å². The number of carbonyl (C=O) groups excluding carboxylic acids is 2. The van der Waals surface area contributed by atoms with Gasteiger partial charge in [0.05, 0.1) is 17.7 Å². The Balaban J connectivity index is 1.81. The molecule has 0 fully saturated rings. The van der Waals surface area contributed by atoms with Crippen molar-refractivity contribution in [1.29, 1.82) is 0 Å². The maximum absolute atomic E-state index is 14.5. The molecular weight excluding hydrogens is 610 g/mol. The third-order valence-corrected chi connectivity index (χ3v) is 9.31. The number of aryl methyl sites for hydroxylation is 1. The molecule has 0 heterocycles. The smallest absolute Gasteiger partial charge is 0.264 e. The second kappa shape index (κ2) is 15.6. The first-order valence-electron chi connectivity index (χ1n) is 14.7. The molecule has 0 radical (unpaired) electrons. The Hall–Kier alpha value is -4.34. The topological polar surface area (TPSA) is 96.0 Å². The molecule has 0 bridgehead atoms. The molecule has 0 aliphatic rings. The molecule has 0 saturated carbocycles. The summed E-state index contributed by atoms with van der Waals surface area (Å²) in [4.78, 5) is 29.7. The number of ether oxygens (including phenoxy) is 1. The molecule has 4 aromatic carbocycles. The molecular formula is C35H38ClN3O5S. The quantitative estimate of drug-likeness (QED) is 0.181. The molecule has 2 amide bonds. The van der Waals surface area contributed by atoms with Gasteiger partial charge in [-0.15, -0.1) is 0 Å². The summed E-state index contributed by atoms with van der Waals surface area (Å²) in [7, 11) is -2.73. The molecule has 8 nitrogen and oxygen atoms in total. The molecule has 236 valence electrons. The summed E-state index contributed by atoms with van der Waals surface area (Å²) in [5.74, 6) is -0.452. The number of carbonyl (C=O) groups is 2. The van der Waals surface area contributed by atoms with Crippen LogP contribution in [-0.4, -0.2) is 51.4 Å². The highest BCUT2D eigenvalue weighted by Gasteiger charge is 2.34. The Morgan fingerprint density at radius 1 is 0.889 bits per heavy atom. The molecule has 0 aromatic heterocycles. The fourth-order valence-electron chi connectivity index (χ4n) is 4.88. The van der Waals surface area contributed by atoms with E-state index >= 15 is 0 Å². The normalized spacial score (nSPS) is 11.8. The number of anilines is 1. The summed E-state index contributed by atoms with van der Waals surface area (Å²) in [6.07, 6.45) is 0.941. The van der Waals surface area contributed by atoms with Crippen molar-refractivity contribution >= 4 is 39.1 Å². The zero-order valence-electron chi connectivity index (χ0n) is 25.6. The van der Waals surface area contributed by atoms with Gasteiger partial charge in [-0.05, 0) is 60.9 Å². The van der Waals surface area contributed by atoms with Gasteiger partial charge in [0.2, 0.25) is 11.8 Å². The number of benzene rings is 4. The van der Waals surface area contributed by atoms with Gasteiger partial charge in [0, 0.05) is 30.6 Å². The van der Waals surface area contributed by atoms with E-state index in [2.05, 4.69) is 5.32 Å². The number of hydrogen-bond acceptors (Lipinski definition) is 5. The summed E-state index contributed by atoms with van der Waals surface area (Å²) < 4.78 is 34.8. The molecule has 0 spiro atoms. The van der Waals surface area contributed by atoms with Crippen LogP contribution in [0.2, 0.25) is 5.02 Å². The molecule has 0 unspecified atom stereocenters. The zero-order valence-corrected chi connectivity index (χ0v) is 27.2. The summed E-state index contributed by atoms with van der Waals surface area (Å²) in [6.45, 7) is 3.72. The monoisotopic (exact) mass is 647 g/mol. The van der Waals surface area contributed by atoms with Crippen LogP contribution in [-0.2, 0) is 32.6 Å². The Morgan fingerprint density at radius 2 is 1.58 bits per heavy atom. The van der Waals surface area contributed by atoms with Gasteiger partial charge in [0.15, 0.2) is 0 Å². The second-order valence-corrected chi connectivity index (χ2v) is 13.0. The van der Waals surface area contributed by atoms with E-state index in [1.807, 2.05) is 50.2 Å². The minimum Gasteiger partial charge on any atom is -0.497 e. The zero-order chi connectivity index (χ0) is 32.4. The van der Waals surface area contributed by atoms with E-state index < -0.39 is 28.5 Å². The van der Waals surface area contributed by atoms with Crippen LogP contribution in [0.15, 0.2) is 108 Å². The Bertz CT molecular complexity index is 1700. The van der Waals surface area contributed by atoms with Crippen molar-refractivity contribution in [2.75, 3.05) is 24.5 Å². The number of sulfonamides is 1. The first-order chi connectivity index (χ1) is 21.6. The number of nitrogens with zero attached hydrogens (tertiary/aromatic N) is 2. The van der Waals surface area contributed by atoms with Gasteiger partial charge in [-0.3, -0.25) is 13.9 Å². The van der Waals surface area contributed by atoms with Crippen LogP contribution < -0.4 is 14.4 Å². The Labute approximate surface area is 270 Å². The molecule has 4 rings (SSSR count). The van der Waals surface area contributed by atoms with Crippen molar-refractivity contribution < 1.29 is 22.7 Å². The van der Waals surface area contributed by atoms with Crippen LogP contribution in [0.5, 0.6) is 5.75 Å². The van der Waals surface area contributed by atoms with E-state index in [0.717, 1.165) is 15.4 Å². The molecule has 0 aliphatic heterocycles. The maximum Gasteiger partial charge on any atom is 0.264 e. The van der Waals surface area contributed by atoms with Crippen LogP contribution >= 0.6 is 11.6 Å². The molecule has 45 heavy (non-hydrogen) atoms. The van der Waals surface area contributed by atoms with Crippen molar-refractivity contribution in [3.8, 4) is 5.75 Å². The van der Waals surface area contributed by atoms with Gasteiger partial charge >= 0.3 is 0 Å². The summed E-state index contributed by atoms with van der Waals surface area (Å²) in [5, 5.41) is 3.42. The highest BCUT2D eigenvalue weighted by atomic mass is 35.5. The predicted molar refractivity (Wildman–Crippen MR) is 178 cm³/mol. The molecule has 0 saturated heterocycles. The minimum atomic E-state index is -4.21. The number of methoxy groups -OCH3 is 1. The SMILES string of the molecule is CCCNC(=O)[C@@H](Cc1ccccc1)N(Cc1cccc(Cl)c1)C(=O)CN(c1cccc(OC)c1)S(=O)(=O)c1ccc(C)cc1. The van der Waals surface area contributed by atoms with E-state index in [0.29, 0.717) is 29.3 Å². The Morgan fingerprint density at radius 3 is 2.24 bits per heavy atom. The van der Waals surface area contributed by atoms with Crippen molar-refractivity contribution in [3.05, 3.63) is 125 Å². The highest BCUT2D eigenvalue weighted by Crippen LogP contribution is 2.28. The van der Waals surface area contributed by atoms with Crippen molar-refractivity contribution in [2.24, 2.45) is 0 Å². The standard InChI is InChI=1S/C35H38ClN3O5S/c1-4-20-37-35(41)33(22-27-10-6-5-7-11-27)38(24-28-12-8-13-29(36)21-28)34(40)25-39(30-14-9-15-31(23-30)44-3)45(42,43)32-18-16-26(2)17-19-32/h5-19,21,23,33H,4,20,22,24-25H2,1-3H3,(H,37,41)/t33-/m1/s1. The average molecular weight is 648 g/mol. The highest BCUT2D eigenvalue weighted by molar-refractivity contribution is 7.92. The number of halogens is 1. The summed E-state index contributed by atoms with van der Waals surface area (Å²) in [6, 6.07) is 28.5. The minimum absolute atomic E-state index is 0.0339. The molecule has 0 aliphatic carbocycles. The Kier molecular flexibility index (Phi) is 11.6. The van der Waals surface area contributed by atoms with Crippen molar-refractivity contribution in [2.45, 2.75) is 44.2 Å². The second-order valence-electron chi connectivity index (χ2n) is 10.7. The van der Waals surface area contributed by atoms with E-state index in [-0.39, 0.29) is 29.5 Å². The molecule has 10 heteroatoms. The molecule has 4 aromatic rings. The number of rotatable bonds is 14.